The van der Waals surface area contributed by atoms with E-state index in [1.807, 2.05) is 43.3 Å². The quantitative estimate of drug-likeness (QED) is 0.486. The number of hydrogen-bond donors (Lipinski definition) is 0. The highest BCUT2D eigenvalue weighted by Crippen LogP contribution is 2.58. The molecule has 2 aromatic rings. The van der Waals surface area contributed by atoms with Crippen molar-refractivity contribution in [3.8, 4) is 0 Å². The number of piperazine rings is 1. The van der Waals surface area contributed by atoms with Crippen LogP contribution in [0.5, 0.6) is 0 Å². The summed E-state index contributed by atoms with van der Waals surface area (Å²) in [7, 11) is 0. The van der Waals surface area contributed by atoms with Crippen LogP contribution in [-0.2, 0) is 4.74 Å². The lowest BCUT2D eigenvalue weighted by atomic mass is 9.79. The van der Waals surface area contributed by atoms with Gasteiger partial charge in [0.2, 0.25) is 0 Å². The molecule has 4 nitrogen and oxygen atoms in total. The van der Waals surface area contributed by atoms with Crippen molar-refractivity contribution in [2.75, 3.05) is 44.2 Å². The summed E-state index contributed by atoms with van der Waals surface area (Å²) in [5.41, 5.74) is 6.96. The second kappa shape index (κ2) is 9.52. The summed E-state index contributed by atoms with van der Waals surface area (Å²) < 4.78 is 5.09. The van der Waals surface area contributed by atoms with Crippen molar-refractivity contribution in [1.82, 2.24) is 4.90 Å². The van der Waals surface area contributed by atoms with Gasteiger partial charge in [-0.25, -0.2) is 4.79 Å². The molecule has 5 rings (SSSR count). The van der Waals surface area contributed by atoms with Crippen molar-refractivity contribution in [1.29, 1.82) is 0 Å². The van der Waals surface area contributed by atoms with Gasteiger partial charge in [-0.15, -0.1) is 0 Å². The predicted octanol–water partition coefficient (Wildman–Crippen LogP) is 6.06. The van der Waals surface area contributed by atoms with Gasteiger partial charge >= 0.3 is 5.97 Å². The molecule has 1 saturated heterocycles. The third-order valence-electron chi connectivity index (χ3n) is 7.60. The van der Waals surface area contributed by atoms with Gasteiger partial charge in [0.1, 0.15) is 0 Å². The van der Waals surface area contributed by atoms with E-state index in [0.29, 0.717) is 17.6 Å². The first kappa shape index (κ1) is 22.5. The van der Waals surface area contributed by atoms with Crippen LogP contribution in [0, 0.1) is 5.41 Å². The van der Waals surface area contributed by atoms with Crippen LogP contribution in [0.3, 0.4) is 0 Å². The minimum atomic E-state index is -0.250. The molecule has 1 aliphatic heterocycles. The maximum absolute atomic E-state index is 11.9. The third-order valence-corrected chi connectivity index (χ3v) is 7.85. The average molecular weight is 465 g/mol. The number of anilines is 1. The maximum atomic E-state index is 11.9. The lowest BCUT2D eigenvalue weighted by Crippen LogP contribution is -2.47. The minimum Gasteiger partial charge on any atom is -0.462 e. The van der Waals surface area contributed by atoms with E-state index in [2.05, 4.69) is 21.9 Å². The molecular formula is C28H33ClN2O2. The molecule has 2 aliphatic carbocycles. The largest absolute Gasteiger partial charge is 0.462 e. The average Bonchev–Trinajstić information content (AvgIpc) is 3.59. The number of carbonyl (C=O) groups is 1. The summed E-state index contributed by atoms with van der Waals surface area (Å²) in [6, 6.07) is 16.3. The van der Waals surface area contributed by atoms with Gasteiger partial charge in [0, 0.05) is 43.4 Å². The molecule has 0 radical (unpaired) electrons. The standard InChI is InChI=1S/C28H33ClN2O2/c1-2-33-27(32)22-5-9-25(10-6-22)31-17-15-30(16-18-31)20-23-19-28(13-14-28)12-11-26(23)21-3-7-24(29)8-4-21/h3-10H,2,11-20H2,1H3. The number of rotatable bonds is 6. The zero-order chi connectivity index (χ0) is 22.8. The Balaban J connectivity index is 1.24. The summed E-state index contributed by atoms with van der Waals surface area (Å²) in [4.78, 5) is 16.9. The highest BCUT2D eigenvalue weighted by atomic mass is 35.5. The molecule has 0 amide bonds. The molecule has 5 heteroatoms. The number of esters is 1. The van der Waals surface area contributed by atoms with Crippen LogP contribution in [-0.4, -0.2) is 50.2 Å². The Labute approximate surface area is 202 Å². The molecule has 3 aliphatic rings. The molecule has 2 fully saturated rings. The molecule has 0 atom stereocenters. The molecule has 2 aromatic carbocycles. The van der Waals surface area contributed by atoms with Crippen LogP contribution in [0.15, 0.2) is 54.1 Å². The van der Waals surface area contributed by atoms with Gasteiger partial charge < -0.3 is 9.64 Å². The third kappa shape index (κ3) is 5.12. The molecule has 1 spiro atoms. The number of benzene rings is 2. The number of hydrogen-bond acceptors (Lipinski definition) is 4. The minimum absolute atomic E-state index is 0.250. The van der Waals surface area contributed by atoms with Crippen LogP contribution in [0.2, 0.25) is 5.02 Å². The Kier molecular flexibility index (Phi) is 6.49. The van der Waals surface area contributed by atoms with Crippen molar-refractivity contribution in [3.05, 3.63) is 70.3 Å². The molecule has 174 valence electrons. The van der Waals surface area contributed by atoms with E-state index in [4.69, 9.17) is 16.3 Å². The Morgan fingerprint density at radius 1 is 0.970 bits per heavy atom. The van der Waals surface area contributed by atoms with Gasteiger partial charge in [-0.05, 0) is 92.0 Å². The molecule has 0 aromatic heterocycles. The monoisotopic (exact) mass is 464 g/mol. The fourth-order valence-corrected chi connectivity index (χ4v) is 5.55. The molecule has 1 saturated carbocycles. The summed E-state index contributed by atoms with van der Waals surface area (Å²) in [6.45, 7) is 7.45. The lowest BCUT2D eigenvalue weighted by molar-refractivity contribution is 0.0526. The zero-order valence-electron chi connectivity index (χ0n) is 19.5. The Hall–Kier alpha value is -2.30. The summed E-state index contributed by atoms with van der Waals surface area (Å²) in [5, 5.41) is 0.807. The van der Waals surface area contributed by atoms with E-state index in [-0.39, 0.29) is 5.97 Å². The van der Waals surface area contributed by atoms with Crippen LogP contribution in [0.25, 0.3) is 5.57 Å². The molecule has 0 N–H and O–H groups in total. The van der Waals surface area contributed by atoms with Gasteiger partial charge in [0.05, 0.1) is 12.2 Å². The van der Waals surface area contributed by atoms with Gasteiger partial charge in [-0.1, -0.05) is 29.3 Å². The van der Waals surface area contributed by atoms with E-state index in [0.717, 1.165) is 37.7 Å². The van der Waals surface area contributed by atoms with Crippen molar-refractivity contribution < 1.29 is 9.53 Å². The second-order valence-electron chi connectivity index (χ2n) is 9.80. The molecule has 0 bridgehead atoms. The Bertz CT molecular complexity index is 1020. The smallest absolute Gasteiger partial charge is 0.338 e. The summed E-state index contributed by atoms with van der Waals surface area (Å²) in [6.07, 6.45) is 6.61. The fraction of sp³-hybridized carbons (Fsp3) is 0.464. The highest BCUT2D eigenvalue weighted by Gasteiger charge is 2.45. The molecule has 33 heavy (non-hydrogen) atoms. The lowest BCUT2D eigenvalue weighted by Gasteiger charge is -2.38. The van der Waals surface area contributed by atoms with Crippen molar-refractivity contribution in [2.24, 2.45) is 5.41 Å². The molecular weight excluding hydrogens is 432 g/mol. The van der Waals surface area contributed by atoms with Crippen LogP contribution >= 0.6 is 11.6 Å². The molecule has 0 unspecified atom stereocenters. The van der Waals surface area contributed by atoms with Crippen LogP contribution in [0.4, 0.5) is 5.69 Å². The Morgan fingerprint density at radius 3 is 2.30 bits per heavy atom. The topological polar surface area (TPSA) is 32.8 Å². The number of nitrogens with zero attached hydrogens (tertiary/aromatic N) is 2. The van der Waals surface area contributed by atoms with Crippen molar-refractivity contribution in [2.45, 2.75) is 39.0 Å². The summed E-state index contributed by atoms with van der Waals surface area (Å²) >= 11 is 6.15. The maximum Gasteiger partial charge on any atom is 0.338 e. The first-order chi connectivity index (χ1) is 16.0. The molecule has 1 heterocycles. The fourth-order valence-electron chi connectivity index (χ4n) is 5.43. The van der Waals surface area contributed by atoms with E-state index in [1.54, 1.807) is 11.1 Å². The van der Waals surface area contributed by atoms with Crippen molar-refractivity contribution in [3.63, 3.8) is 0 Å². The van der Waals surface area contributed by atoms with Crippen molar-refractivity contribution >= 4 is 28.8 Å². The van der Waals surface area contributed by atoms with Gasteiger partial charge in [-0.3, -0.25) is 4.90 Å². The SMILES string of the molecule is CCOC(=O)c1ccc(N2CCN(CC3=C(c4ccc(Cl)cc4)CCC4(CC4)C3)CC2)cc1. The van der Waals surface area contributed by atoms with Gasteiger partial charge in [-0.2, -0.15) is 0 Å². The summed E-state index contributed by atoms with van der Waals surface area (Å²) in [5.74, 6) is -0.250. The van der Waals surface area contributed by atoms with Crippen LogP contribution < -0.4 is 4.90 Å². The first-order valence-electron chi connectivity index (χ1n) is 12.3. The number of carbonyl (C=O) groups excluding carboxylic acids is 1. The van der Waals surface area contributed by atoms with Crippen LogP contribution in [0.1, 0.15) is 54.9 Å². The van der Waals surface area contributed by atoms with E-state index < -0.39 is 0 Å². The van der Waals surface area contributed by atoms with Gasteiger partial charge in [0.25, 0.3) is 0 Å². The number of allylic oxidation sites excluding steroid dienone is 1. The normalized spacial score (nSPS) is 20.2. The van der Waals surface area contributed by atoms with E-state index >= 15 is 0 Å². The number of halogens is 1. The Morgan fingerprint density at radius 2 is 1.67 bits per heavy atom. The number of ether oxygens (including phenoxy) is 1. The van der Waals surface area contributed by atoms with E-state index in [9.17, 15) is 4.79 Å². The van der Waals surface area contributed by atoms with E-state index in [1.165, 1.54) is 43.4 Å². The van der Waals surface area contributed by atoms with Gasteiger partial charge in [0.15, 0.2) is 0 Å². The second-order valence-corrected chi connectivity index (χ2v) is 10.2. The zero-order valence-corrected chi connectivity index (χ0v) is 20.2. The highest BCUT2D eigenvalue weighted by molar-refractivity contribution is 6.30. The predicted molar refractivity (Wildman–Crippen MR) is 135 cm³/mol. The first-order valence-corrected chi connectivity index (χ1v) is 12.6.